The van der Waals surface area contributed by atoms with Crippen molar-refractivity contribution in [1.82, 2.24) is 10.4 Å². The van der Waals surface area contributed by atoms with Crippen LogP contribution in [-0.2, 0) is 4.79 Å². The summed E-state index contributed by atoms with van der Waals surface area (Å²) in [7, 11) is 0. The van der Waals surface area contributed by atoms with E-state index in [-0.39, 0.29) is 12.5 Å². The number of aromatic nitrogens is 1. The number of fused-ring (bicyclic) bond motifs is 1. The van der Waals surface area contributed by atoms with E-state index in [9.17, 15) is 4.79 Å². The van der Waals surface area contributed by atoms with E-state index >= 15 is 0 Å². The van der Waals surface area contributed by atoms with Gasteiger partial charge in [-0.3, -0.25) is 4.79 Å². The molecule has 0 bridgehead atoms. The molecule has 5 nitrogen and oxygen atoms in total. The lowest BCUT2D eigenvalue weighted by atomic mass is 9.89. The Labute approximate surface area is 133 Å². The van der Waals surface area contributed by atoms with Crippen LogP contribution >= 0.6 is 11.3 Å². The molecule has 0 aliphatic heterocycles. The third-order valence-corrected chi connectivity index (χ3v) is 4.77. The number of nitrogens with zero attached hydrogens (tertiary/aromatic N) is 2. The van der Waals surface area contributed by atoms with Crippen LogP contribution in [0, 0.1) is 5.92 Å². The molecule has 1 atom stereocenters. The van der Waals surface area contributed by atoms with Crippen LogP contribution in [0.4, 0.5) is 5.13 Å². The first-order valence-electron chi connectivity index (χ1n) is 7.64. The number of nitrogens with one attached hydrogen (secondary N) is 2. The number of carbonyl (C=O) groups is 1. The van der Waals surface area contributed by atoms with Gasteiger partial charge >= 0.3 is 0 Å². The van der Waals surface area contributed by atoms with Crippen LogP contribution in [0.25, 0.3) is 10.2 Å². The van der Waals surface area contributed by atoms with Gasteiger partial charge in [0.05, 0.1) is 16.8 Å². The molecule has 0 radical (unpaired) electrons. The number of hydrogen-bond acceptors (Lipinski definition) is 5. The minimum Gasteiger partial charge on any atom is -0.352 e. The van der Waals surface area contributed by atoms with Crippen molar-refractivity contribution in [3.05, 3.63) is 24.3 Å². The Morgan fingerprint density at radius 1 is 1.45 bits per heavy atom. The molecule has 1 heterocycles. The van der Waals surface area contributed by atoms with E-state index in [0.717, 1.165) is 33.9 Å². The lowest BCUT2D eigenvalue weighted by Crippen LogP contribution is -2.27. The molecule has 1 fully saturated rings. The zero-order valence-electron chi connectivity index (χ0n) is 12.6. The van der Waals surface area contributed by atoms with Crippen LogP contribution < -0.4 is 10.7 Å². The summed E-state index contributed by atoms with van der Waals surface area (Å²) in [5.74, 6) is 0.537. The van der Waals surface area contributed by atoms with E-state index in [1.165, 1.54) is 12.8 Å². The molecule has 0 saturated heterocycles. The number of benzene rings is 1. The highest BCUT2D eigenvalue weighted by Gasteiger charge is 2.14. The van der Waals surface area contributed by atoms with Gasteiger partial charge in [0.15, 0.2) is 5.13 Å². The number of thiazole rings is 1. The van der Waals surface area contributed by atoms with Crippen LogP contribution in [0.3, 0.4) is 0 Å². The van der Waals surface area contributed by atoms with Crippen molar-refractivity contribution in [2.24, 2.45) is 11.0 Å². The summed E-state index contributed by atoms with van der Waals surface area (Å²) in [5.41, 5.74) is 4.69. The van der Waals surface area contributed by atoms with Crippen molar-refractivity contribution in [1.29, 1.82) is 0 Å². The first kappa shape index (κ1) is 15.0. The summed E-state index contributed by atoms with van der Waals surface area (Å²) >= 11 is 1.55. The molecule has 1 amide bonds. The molecular formula is C16H20N4OS. The molecule has 22 heavy (non-hydrogen) atoms. The Balaban J connectivity index is 1.50. The summed E-state index contributed by atoms with van der Waals surface area (Å²) < 4.78 is 1.11. The van der Waals surface area contributed by atoms with E-state index in [1.807, 2.05) is 24.3 Å². The summed E-state index contributed by atoms with van der Waals surface area (Å²) in [5, 5.41) is 8.06. The summed E-state index contributed by atoms with van der Waals surface area (Å²) in [6.07, 6.45) is 4.41. The van der Waals surface area contributed by atoms with Gasteiger partial charge in [0.2, 0.25) is 0 Å². The average Bonchev–Trinajstić information content (AvgIpc) is 2.94. The molecule has 0 spiro atoms. The smallest absolute Gasteiger partial charge is 0.259 e. The number of anilines is 1. The molecule has 3 rings (SSSR count). The van der Waals surface area contributed by atoms with Gasteiger partial charge in [-0.15, -0.1) is 0 Å². The van der Waals surface area contributed by atoms with Crippen molar-refractivity contribution in [3.63, 3.8) is 0 Å². The van der Waals surface area contributed by atoms with Gasteiger partial charge < -0.3 is 5.32 Å². The fourth-order valence-corrected chi connectivity index (χ4v) is 3.51. The minimum absolute atomic E-state index is 0.134. The zero-order valence-corrected chi connectivity index (χ0v) is 13.4. The molecule has 116 valence electrons. The standard InChI is InChI=1S/C16H20N4OS/c1-11-5-4-6-12(9-11)19-20-15(21)10-17-16-18-13-7-2-3-8-14(13)22-16/h2-3,7-8,11H,4-6,9-10H2,1H3,(H,17,18)(H,20,21)/b19-12+/t11-/m1/s1. The monoisotopic (exact) mass is 316 g/mol. The van der Waals surface area contributed by atoms with E-state index in [2.05, 4.69) is 27.8 Å². The number of amides is 1. The predicted molar refractivity (Wildman–Crippen MR) is 91.3 cm³/mol. The van der Waals surface area contributed by atoms with Crippen molar-refractivity contribution in [2.45, 2.75) is 32.6 Å². The minimum atomic E-state index is -0.134. The second-order valence-electron chi connectivity index (χ2n) is 5.75. The maximum Gasteiger partial charge on any atom is 0.259 e. The van der Waals surface area contributed by atoms with Gasteiger partial charge in [0, 0.05) is 5.71 Å². The predicted octanol–water partition coefficient (Wildman–Crippen LogP) is 3.39. The van der Waals surface area contributed by atoms with E-state index < -0.39 is 0 Å². The molecule has 2 N–H and O–H groups in total. The molecule has 1 aliphatic rings. The molecule has 1 aromatic heterocycles. The van der Waals surface area contributed by atoms with Gasteiger partial charge in [0.25, 0.3) is 5.91 Å². The SMILES string of the molecule is C[C@@H]1CCC/C(=N\NC(=O)CNc2nc3ccccc3s2)C1. The van der Waals surface area contributed by atoms with E-state index in [0.29, 0.717) is 5.92 Å². The Morgan fingerprint density at radius 2 is 2.32 bits per heavy atom. The highest BCUT2D eigenvalue weighted by Crippen LogP contribution is 2.25. The Hall–Kier alpha value is -1.95. The average molecular weight is 316 g/mol. The lowest BCUT2D eigenvalue weighted by molar-refractivity contribution is -0.119. The first-order valence-corrected chi connectivity index (χ1v) is 8.46. The van der Waals surface area contributed by atoms with Crippen LogP contribution in [0.5, 0.6) is 0 Å². The van der Waals surface area contributed by atoms with Gasteiger partial charge in [0.1, 0.15) is 0 Å². The van der Waals surface area contributed by atoms with Crippen molar-refractivity contribution >= 4 is 38.3 Å². The number of rotatable bonds is 4. The van der Waals surface area contributed by atoms with Crippen molar-refractivity contribution < 1.29 is 4.79 Å². The summed E-state index contributed by atoms with van der Waals surface area (Å²) in [6, 6.07) is 7.93. The van der Waals surface area contributed by atoms with Crippen LogP contribution in [0.2, 0.25) is 0 Å². The number of hydrogen-bond donors (Lipinski definition) is 2. The fraction of sp³-hybridized carbons (Fsp3) is 0.438. The van der Waals surface area contributed by atoms with Crippen molar-refractivity contribution in [3.8, 4) is 0 Å². The van der Waals surface area contributed by atoms with Crippen LogP contribution in [0.15, 0.2) is 29.4 Å². The molecule has 2 aromatic rings. The Morgan fingerprint density at radius 3 is 3.14 bits per heavy atom. The largest absolute Gasteiger partial charge is 0.352 e. The van der Waals surface area contributed by atoms with Crippen LogP contribution in [-0.4, -0.2) is 23.1 Å². The molecule has 1 aliphatic carbocycles. The van der Waals surface area contributed by atoms with Gasteiger partial charge in [-0.2, -0.15) is 5.10 Å². The first-order chi connectivity index (χ1) is 10.7. The molecule has 1 aromatic carbocycles. The highest BCUT2D eigenvalue weighted by molar-refractivity contribution is 7.22. The Bertz CT molecular complexity index is 661. The second kappa shape index (κ2) is 6.87. The second-order valence-corrected chi connectivity index (χ2v) is 6.79. The molecule has 1 saturated carbocycles. The summed E-state index contributed by atoms with van der Waals surface area (Å²) in [6.45, 7) is 2.41. The molecule has 0 unspecified atom stereocenters. The number of carbonyl (C=O) groups excluding carboxylic acids is 1. The fourth-order valence-electron chi connectivity index (χ4n) is 2.65. The van der Waals surface area contributed by atoms with E-state index in [4.69, 9.17) is 0 Å². The number of hydrazone groups is 1. The van der Waals surface area contributed by atoms with Crippen molar-refractivity contribution in [2.75, 3.05) is 11.9 Å². The third kappa shape index (κ3) is 3.82. The normalized spacial score (nSPS) is 20.2. The highest BCUT2D eigenvalue weighted by atomic mass is 32.1. The maximum atomic E-state index is 11.9. The summed E-state index contributed by atoms with van der Waals surface area (Å²) in [4.78, 5) is 16.3. The zero-order chi connectivity index (χ0) is 15.4. The third-order valence-electron chi connectivity index (χ3n) is 3.78. The van der Waals surface area contributed by atoms with Gasteiger partial charge in [-0.25, -0.2) is 10.4 Å². The lowest BCUT2D eigenvalue weighted by Gasteiger charge is -2.18. The van der Waals surface area contributed by atoms with Gasteiger partial charge in [-0.05, 0) is 43.7 Å². The molecular weight excluding hydrogens is 296 g/mol. The maximum absolute atomic E-state index is 11.9. The molecule has 6 heteroatoms. The number of para-hydroxylation sites is 1. The van der Waals surface area contributed by atoms with E-state index in [1.54, 1.807) is 11.3 Å². The quantitative estimate of drug-likeness (QED) is 0.850. The van der Waals surface area contributed by atoms with Gasteiger partial charge in [-0.1, -0.05) is 30.4 Å². The topological polar surface area (TPSA) is 66.4 Å². The Kier molecular flexibility index (Phi) is 4.68. The van der Waals surface area contributed by atoms with Crippen LogP contribution in [0.1, 0.15) is 32.6 Å².